The zero-order valence-corrected chi connectivity index (χ0v) is 25.8. The Balaban J connectivity index is 1.41. The largest absolute Gasteiger partial charge is 0.497 e. The highest BCUT2D eigenvalue weighted by atomic mass is 16.6. The number of fused-ring (bicyclic) bond motifs is 1. The van der Waals surface area contributed by atoms with Gasteiger partial charge in [0.1, 0.15) is 22.5 Å². The van der Waals surface area contributed by atoms with E-state index in [-0.39, 0.29) is 30.1 Å². The molecule has 0 bridgehead atoms. The van der Waals surface area contributed by atoms with Crippen molar-refractivity contribution in [2.75, 3.05) is 32.6 Å². The number of nitrogens with zero attached hydrogens (tertiary/aromatic N) is 4. The maximum Gasteiger partial charge on any atom is 0.410 e. The first-order chi connectivity index (χ1) is 20.6. The molecule has 2 fully saturated rings. The summed E-state index contributed by atoms with van der Waals surface area (Å²) in [5, 5.41) is 9.41. The average Bonchev–Trinajstić information content (AvgIpc) is 3.34. The minimum absolute atomic E-state index is 0.0163. The summed E-state index contributed by atoms with van der Waals surface area (Å²) in [7, 11) is 3.09. The monoisotopic (exact) mass is 593 g/mol. The first-order valence-electron chi connectivity index (χ1n) is 15.1. The summed E-state index contributed by atoms with van der Waals surface area (Å²) in [6, 6.07) is 9.75. The fourth-order valence-corrected chi connectivity index (χ4v) is 5.83. The van der Waals surface area contributed by atoms with Crippen LogP contribution in [0.15, 0.2) is 36.5 Å². The molecule has 1 saturated heterocycles. The van der Waals surface area contributed by atoms with Gasteiger partial charge in [0, 0.05) is 25.3 Å². The molecule has 0 spiro atoms. The average molecular weight is 594 g/mol. The Morgan fingerprint density at radius 1 is 1.02 bits per heavy atom. The van der Waals surface area contributed by atoms with E-state index in [0.717, 1.165) is 55.2 Å². The lowest BCUT2D eigenvalue weighted by Gasteiger charge is -2.34. The first kappa shape index (κ1) is 30.4. The van der Waals surface area contributed by atoms with Crippen LogP contribution in [0.5, 0.6) is 11.5 Å². The molecule has 3 heterocycles. The molecule has 2 aliphatic rings. The molecule has 232 valence electrons. The van der Waals surface area contributed by atoms with Gasteiger partial charge in [-0.05, 0) is 83.1 Å². The summed E-state index contributed by atoms with van der Waals surface area (Å²) < 4.78 is 24.4. The molecule has 11 heteroatoms. The lowest BCUT2D eigenvalue weighted by Crippen LogP contribution is -2.47. The Hall–Kier alpha value is -4.02. The highest BCUT2D eigenvalue weighted by Crippen LogP contribution is 2.36. The van der Waals surface area contributed by atoms with Crippen molar-refractivity contribution >= 4 is 28.9 Å². The highest BCUT2D eigenvalue weighted by Gasteiger charge is 2.31. The van der Waals surface area contributed by atoms with Crippen LogP contribution in [0.3, 0.4) is 0 Å². The molecule has 1 atom stereocenters. The zero-order chi connectivity index (χ0) is 30.6. The van der Waals surface area contributed by atoms with Gasteiger partial charge in [-0.1, -0.05) is 12.1 Å². The van der Waals surface area contributed by atoms with Crippen molar-refractivity contribution in [3.63, 3.8) is 0 Å². The number of nitrogens with one attached hydrogen (secondary N) is 1. The SMILES string of the molecule is COc1ccc(Cn2nc(N[C@@H]3CCCN(C(=O)OC(C)(C)C)C3)c3c(O[C@H]4CC[C@H](C(=O)OC)CC4)ccnc32)cc1. The number of aromatic nitrogens is 3. The third-order valence-corrected chi connectivity index (χ3v) is 8.00. The van der Waals surface area contributed by atoms with Gasteiger partial charge < -0.3 is 29.2 Å². The minimum atomic E-state index is -0.554. The first-order valence-corrected chi connectivity index (χ1v) is 15.1. The number of benzene rings is 1. The van der Waals surface area contributed by atoms with Crippen molar-refractivity contribution in [2.24, 2.45) is 5.92 Å². The topological polar surface area (TPSA) is 117 Å². The number of esters is 1. The highest BCUT2D eigenvalue weighted by molar-refractivity contribution is 5.93. The predicted octanol–water partition coefficient (Wildman–Crippen LogP) is 5.41. The van der Waals surface area contributed by atoms with Gasteiger partial charge in [0.05, 0.1) is 32.8 Å². The number of amides is 1. The summed E-state index contributed by atoms with van der Waals surface area (Å²) in [6.45, 7) is 7.31. The van der Waals surface area contributed by atoms with Gasteiger partial charge in [-0.25, -0.2) is 14.5 Å². The molecule has 1 aliphatic carbocycles. The second-order valence-electron chi connectivity index (χ2n) is 12.4. The van der Waals surface area contributed by atoms with Crippen LogP contribution in [0.25, 0.3) is 11.0 Å². The Labute approximate surface area is 252 Å². The lowest BCUT2D eigenvalue weighted by atomic mass is 9.87. The van der Waals surface area contributed by atoms with Gasteiger partial charge in [0.15, 0.2) is 11.5 Å². The maximum atomic E-state index is 12.8. The van der Waals surface area contributed by atoms with E-state index in [0.29, 0.717) is 36.8 Å². The van der Waals surface area contributed by atoms with E-state index in [1.807, 2.05) is 55.8 Å². The van der Waals surface area contributed by atoms with Crippen LogP contribution in [0.2, 0.25) is 0 Å². The van der Waals surface area contributed by atoms with Crippen molar-refractivity contribution in [2.45, 2.75) is 83.6 Å². The second kappa shape index (κ2) is 13.1. The van der Waals surface area contributed by atoms with Gasteiger partial charge in [0.2, 0.25) is 0 Å². The van der Waals surface area contributed by atoms with E-state index < -0.39 is 5.60 Å². The Morgan fingerprint density at radius 3 is 2.44 bits per heavy atom. The summed E-state index contributed by atoms with van der Waals surface area (Å²) in [5.41, 5.74) is 1.21. The van der Waals surface area contributed by atoms with E-state index in [9.17, 15) is 9.59 Å². The van der Waals surface area contributed by atoms with Crippen LogP contribution in [-0.2, 0) is 20.8 Å². The molecule has 1 amide bonds. The number of anilines is 1. The summed E-state index contributed by atoms with van der Waals surface area (Å²) in [5.74, 6) is 1.94. The standard InChI is InChI=1S/C32H43N5O6/c1-32(2,3)43-31(39)36-18-6-7-23(20-36)34-28-27-26(42-25-14-10-22(11-15-25)30(38)41-5)16-17-33-29(27)37(35-28)19-21-8-12-24(40-4)13-9-21/h8-9,12-13,16-17,22-23,25H,6-7,10-11,14-15,18-20H2,1-5H3,(H,34,35)/t22-,23-,25-/m1/s1. The molecule has 11 nitrogen and oxygen atoms in total. The van der Waals surface area contributed by atoms with Crippen molar-refractivity contribution in [1.29, 1.82) is 0 Å². The number of carbonyl (C=O) groups excluding carboxylic acids is 2. The van der Waals surface area contributed by atoms with Crippen molar-refractivity contribution in [1.82, 2.24) is 19.7 Å². The Kier molecular flexibility index (Phi) is 9.27. The van der Waals surface area contributed by atoms with E-state index >= 15 is 0 Å². The van der Waals surface area contributed by atoms with Gasteiger partial charge in [-0.2, -0.15) is 5.10 Å². The maximum absolute atomic E-state index is 12.8. The molecule has 0 radical (unpaired) electrons. The number of pyridine rings is 1. The molecule has 1 aromatic carbocycles. The second-order valence-corrected chi connectivity index (χ2v) is 12.4. The van der Waals surface area contributed by atoms with Crippen LogP contribution in [0.1, 0.15) is 64.9 Å². The number of carbonyl (C=O) groups is 2. The Morgan fingerprint density at radius 2 is 1.77 bits per heavy atom. The van der Waals surface area contributed by atoms with Crippen molar-refractivity contribution in [3.8, 4) is 11.5 Å². The summed E-state index contributed by atoms with van der Waals surface area (Å²) in [4.78, 5) is 31.3. The number of methoxy groups -OCH3 is 2. The molecule has 0 unspecified atom stereocenters. The number of rotatable bonds is 8. The number of ether oxygens (including phenoxy) is 4. The summed E-state index contributed by atoms with van der Waals surface area (Å²) >= 11 is 0. The molecule has 43 heavy (non-hydrogen) atoms. The quantitative estimate of drug-likeness (QED) is 0.342. The van der Waals surface area contributed by atoms with E-state index in [4.69, 9.17) is 29.0 Å². The molecule has 2 aromatic heterocycles. The predicted molar refractivity (Wildman–Crippen MR) is 162 cm³/mol. The fourth-order valence-electron chi connectivity index (χ4n) is 5.83. The lowest BCUT2D eigenvalue weighted by molar-refractivity contribution is -0.147. The van der Waals surface area contributed by atoms with Crippen LogP contribution < -0.4 is 14.8 Å². The van der Waals surface area contributed by atoms with Gasteiger partial charge in [0.25, 0.3) is 0 Å². The summed E-state index contributed by atoms with van der Waals surface area (Å²) in [6.07, 6.45) is 6.15. The normalized spacial score (nSPS) is 20.9. The van der Waals surface area contributed by atoms with Crippen LogP contribution in [0, 0.1) is 5.92 Å². The molecule has 1 aliphatic heterocycles. The molecular weight excluding hydrogens is 550 g/mol. The molecular formula is C32H43N5O6. The number of hydrogen-bond acceptors (Lipinski definition) is 9. The third-order valence-electron chi connectivity index (χ3n) is 8.00. The van der Waals surface area contributed by atoms with E-state index in [1.165, 1.54) is 7.11 Å². The number of likely N-dealkylation sites (tertiary alicyclic amines) is 1. The van der Waals surface area contributed by atoms with Crippen LogP contribution in [-0.4, -0.2) is 76.8 Å². The molecule has 3 aromatic rings. The van der Waals surface area contributed by atoms with Gasteiger partial charge >= 0.3 is 12.1 Å². The Bertz CT molecular complexity index is 1410. The van der Waals surface area contributed by atoms with Crippen LogP contribution in [0.4, 0.5) is 10.6 Å². The molecule has 1 saturated carbocycles. The van der Waals surface area contributed by atoms with E-state index in [1.54, 1.807) is 18.2 Å². The van der Waals surface area contributed by atoms with Crippen LogP contribution >= 0.6 is 0 Å². The van der Waals surface area contributed by atoms with Gasteiger partial charge in [-0.15, -0.1) is 0 Å². The van der Waals surface area contributed by atoms with E-state index in [2.05, 4.69) is 5.32 Å². The molecule has 5 rings (SSSR count). The number of piperidine rings is 1. The van der Waals surface area contributed by atoms with Crippen molar-refractivity contribution in [3.05, 3.63) is 42.1 Å². The smallest absolute Gasteiger partial charge is 0.410 e. The van der Waals surface area contributed by atoms with Crippen molar-refractivity contribution < 1.29 is 28.5 Å². The minimum Gasteiger partial charge on any atom is -0.497 e. The number of hydrogen-bond donors (Lipinski definition) is 1. The third kappa shape index (κ3) is 7.50. The molecule has 1 N–H and O–H groups in total. The fraction of sp³-hybridized carbons (Fsp3) is 0.562. The van der Waals surface area contributed by atoms with Gasteiger partial charge in [-0.3, -0.25) is 4.79 Å². The zero-order valence-electron chi connectivity index (χ0n) is 25.8.